The first-order valence-corrected chi connectivity index (χ1v) is 10.6. The molecule has 132 valence electrons. The highest BCUT2D eigenvalue weighted by molar-refractivity contribution is 8.00. The van der Waals surface area contributed by atoms with Crippen LogP contribution in [0.3, 0.4) is 0 Å². The third-order valence-electron chi connectivity index (χ3n) is 5.24. The Bertz CT molecular complexity index is 802. The molecular formula is C20H23ClN2OS. The van der Waals surface area contributed by atoms with E-state index in [4.69, 9.17) is 16.6 Å². The predicted molar refractivity (Wildman–Crippen MR) is 105 cm³/mol. The van der Waals surface area contributed by atoms with Crippen molar-refractivity contribution in [1.82, 2.24) is 10.3 Å². The lowest BCUT2D eigenvalue weighted by Crippen LogP contribution is -2.33. The molecule has 3 nitrogen and oxygen atoms in total. The average Bonchev–Trinajstić information content (AvgIpc) is 3.12. The summed E-state index contributed by atoms with van der Waals surface area (Å²) in [6, 6.07) is 6.27. The summed E-state index contributed by atoms with van der Waals surface area (Å²) in [6.07, 6.45) is 9.21. The van der Waals surface area contributed by atoms with Gasteiger partial charge in [-0.3, -0.25) is 9.78 Å². The van der Waals surface area contributed by atoms with E-state index in [1.165, 1.54) is 41.8 Å². The molecule has 0 bridgehead atoms. The van der Waals surface area contributed by atoms with Gasteiger partial charge in [0.2, 0.25) is 5.91 Å². The van der Waals surface area contributed by atoms with Crippen LogP contribution in [0.4, 0.5) is 0 Å². The van der Waals surface area contributed by atoms with Crippen molar-refractivity contribution in [2.24, 2.45) is 0 Å². The number of carbonyl (C=O) groups excluding carboxylic acids is 1. The third kappa shape index (κ3) is 3.80. The number of amides is 1. The van der Waals surface area contributed by atoms with Gasteiger partial charge in [-0.05, 0) is 62.3 Å². The number of fused-ring (bicyclic) bond motifs is 2. The Morgan fingerprint density at radius 1 is 1.20 bits per heavy atom. The van der Waals surface area contributed by atoms with E-state index in [-0.39, 0.29) is 5.91 Å². The Morgan fingerprint density at radius 2 is 2.00 bits per heavy atom. The SMILES string of the molecule is O=C(CSc1c2c(nc3ccc(Cl)cc13)CCCC2)NC1CCCC1. The quantitative estimate of drug-likeness (QED) is 0.772. The van der Waals surface area contributed by atoms with Gasteiger partial charge < -0.3 is 5.32 Å². The molecule has 1 amide bonds. The highest BCUT2D eigenvalue weighted by Crippen LogP contribution is 2.37. The molecule has 0 radical (unpaired) electrons. The van der Waals surface area contributed by atoms with E-state index in [9.17, 15) is 4.79 Å². The van der Waals surface area contributed by atoms with Crippen molar-refractivity contribution < 1.29 is 4.79 Å². The number of hydrogen-bond acceptors (Lipinski definition) is 3. The summed E-state index contributed by atoms with van der Waals surface area (Å²) in [4.78, 5) is 18.4. The van der Waals surface area contributed by atoms with Crippen LogP contribution in [0.15, 0.2) is 23.1 Å². The average molecular weight is 375 g/mol. The maximum Gasteiger partial charge on any atom is 0.230 e. The smallest absolute Gasteiger partial charge is 0.230 e. The summed E-state index contributed by atoms with van der Waals surface area (Å²) >= 11 is 7.89. The van der Waals surface area contributed by atoms with Gasteiger partial charge >= 0.3 is 0 Å². The first-order valence-electron chi connectivity index (χ1n) is 9.24. The minimum Gasteiger partial charge on any atom is -0.353 e. The molecule has 0 saturated heterocycles. The normalized spacial score (nSPS) is 17.6. The number of benzene rings is 1. The second kappa shape index (κ2) is 7.55. The summed E-state index contributed by atoms with van der Waals surface area (Å²) in [5.41, 5.74) is 3.53. The lowest BCUT2D eigenvalue weighted by Gasteiger charge is -2.20. The number of aromatic nitrogens is 1. The van der Waals surface area contributed by atoms with E-state index in [2.05, 4.69) is 5.32 Å². The Morgan fingerprint density at radius 3 is 2.84 bits per heavy atom. The second-order valence-corrected chi connectivity index (χ2v) is 8.49. The molecule has 1 N–H and O–H groups in total. The zero-order valence-corrected chi connectivity index (χ0v) is 15.9. The number of carbonyl (C=O) groups is 1. The van der Waals surface area contributed by atoms with Gasteiger partial charge in [-0.1, -0.05) is 24.4 Å². The Hall–Kier alpha value is -1.26. The summed E-state index contributed by atoms with van der Waals surface area (Å²) in [7, 11) is 0. The standard InChI is InChI=1S/C20H23ClN2OS/c21-13-9-10-18-16(11-13)20(15-7-3-4-8-17(15)23-18)25-12-19(24)22-14-5-1-2-6-14/h9-11,14H,1-8,12H2,(H,22,24). The first-order chi connectivity index (χ1) is 12.2. The molecule has 5 heteroatoms. The minimum absolute atomic E-state index is 0.147. The van der Waals surface area contributed by atoms with Gasteiger partial charge in [0, 0.05) is 27.0 Å². The third-order valence-corrected chi connectivity index (χ3v) is 6.64. The monoisotopic (exact) mass is 374 g/mol. The second-order valence-electron chi connectivity index (χ2n) is 7.07. The minimum atomic E-state index is 0.147. The van der Waals surface area contributed by atoms with Gasteiger partial charge in [-0.15, -0.1) is 11.8 Å². The topological polar surface area (TPSA) is 42.0 Å². The maximum absolute atomic E-state index is 12.4. The van der Waals surface area contributed by atoms with Crippen LogP contribution in [0, 0.1) is 0 Å². The van der Waals surface area contributed by atoms with Crippen molar-refractivity contribution in [3.05, 3.63) is 34.5 Å². The summed E-state index contributed by atoms with van der Waals surface area (Å²) in [5, 5.41) is 5.00. The molecule has 0 unspecified atom stereocenters. The van der Waals surface area contributed by atoms with Gasteiger partial charge in [-0.25, -0.2) is 0 Å². The molecule has 2 aliphatic rings. The zero-order chi connectivity index (χ0) is 17.2. The van der Waals surface area contributed by atoms with Crippen LogP contribution < -0.4 is 5.32 Å². The maximum atomic E-state index is 12.4. The molecule has 1 aromatic carbocycles. The number of nitrogens with zero attached hydrogens (tertiary/aromatic N) is 1. The number of pyridine rings is 1. The van der Waals surface area contributed by atoms with Crippen LogP contribution in [0.25, 0.3) is 10.9 Å². The Kier molecular flexibility index (Phi) is 5.18. The number of halogens is 1. The van der Waals surface area contributed by atoms with Crippen molar-refractivity contribution in [3.63, 3.8) is 0 Å². The molecule has 2 aliphatic carbocycles. The molecule has 1 fully saturated rings. The van der Waals surface area contributed by atoms with Crippen LogP contribution in [-0.2, 0) is 17.6 Å². The van der Waals surface area contributed by atoms with Gasteiger partial charge in [0.25, 0.3) is 0 Å². The Balaban J connectivity index is 1.60. The lowest BCUT2D eigenvalue weighted by atomic mass is 9.94. The van der Waals surface area contributed by atoms with Gasteiger partial charge in [0.05, 0.1) is 11.3 Å². The molecule has 1 heterocycles. The number of aryl methyl sites for hydroxylation is 1. The van der Waals surface area contributed by atoms with E-state index < -0.39 is 0 Å². The van der Waals surface area contributed by atoms with Crippen LogP contribution in [0.2, 0.25) is 5.02 Å². The Labute approximate surface area is 157 Å². The van der Waals surface area contributed by atoms with E-state index >= 15 is 0 Å². The van der Waals surface area contributed by atoms with Crippen LogP contribution in [-0.4, -0.2) is 22.7 Å². The van der Waals surface area contributed by atoms with E-state index in [0.29, 0.717) is 11.8 Å². The summed E-state index contributed by atoms with van der Waals surface area (Å²) in [5.74, 6) is 0.614. The summed E-state index contributed by atoms with van der Waals surface area (Å²) < 4.78 is 0. The molecule has 0 spiro atoms. The molecule has 0 atom stereocenters. The fraction of sp³-hybridized carbons (Fsp3) is 0.500. The molecule has 2 aromatic rings. The molecule has 1 saturated carbocycles. The van der Waals surface area contributed by atoms with Crippen molar-refractivity contribution in [1.29, 1.82) is 0 Å². The van der Waals surface area contributed by atoms with Gasteiger partial charge in [0.1, 0.15) is 0 Å². The van der Waals surface area contributed by atoms with E-state index in [1.54, 1.807) is 11.8 Å². The number of rotatable bonds is 4. The first kappa shape index (κ1) is 17.2. The summed E-state index contributed by atoms with van der Waals surface area (Å²) in [6.45, 7) is 0. The van der Waals surface area contributed by atoms with Gasteiger partial charge in [-0.2, -0.15) is 0 Å². The molecule has 1 aromatic heterocycles. The zero-order valence-electron chi connectivity index (χ0n) is 14.3. The molecule has 4 rings (SSSR count). The van der Waals surface area contributed by atoms with Crippen LogP contribution in [0.1, 0.15) is 49.8 Å². The van der Waals surface area contributed by atoms with Crippen molar-refractivity contribution in [2.45, 2.75) is 62.3 Å². The van der Waals surface area contributed by atoms with Crippen LogP contribution >= 0.6 is 23.4 Å². The molecular weight excluding hydrogens is 352 g/mol. The van der Waals surface area contributed by atoms with Crippen molar-refractivity contribution in [3.8, 4) is 0 Å². The highest BCUT2D eigenvalue weighted by Gasteiger charge is 2.21. The largest absolute Gasteiger partial charge is 0.353 e. The van der Waals surface area contributed by atoms with E-state index in [1.807, 2.05) is 18.2 Å². The fourth-order valence-corrected chi connectivity index (χ4v) is 5.24. The lowest BCUT2D eigenvalue weighted by molar-refractivity contribution is -0.119. The predicted octanol–water partition coefficient (Wildman–Crippen LogP) is 4.92. The molecule has 0 aliphatic heterocycles. The number of hydrogen-bond donors (Lipinski definition) is 1. The van der Waals surface area contributed by atoms with Crippen molar-refractivity contribution in [2.75, 3.05) is 5.75 Å². The van der Waals surface area contributed by atoms with Gasteiger partial charge in [0.15, 0.2) is 0 Å². The van der Waals surface area contributed by atoms with E-state index in [0.717, 1.165) is 41.6 Å². The van der Waals surface area contributed by atoms with Crippen molar-refractivity contribution >= 4 is 40.2 Å². The molecule has 25 heavy (non-hydrogen) atoms. The van der Waals surface area contributed by atoms with Crippen LogP contribution in [0.5, 0.6) is 0 Å². The highest BCUT2D eigenvalue weighted by atomic mass is 35.5. The number of thioether (sulfide) groups is 1. The number of nitrogens with one attached hydrogen (secondary N) is 1. The fourth-order valence-electron chi connectivity index (χ4n) is 4.00.